The molecule has 0 fully saturated rings. The van der Waals surface area contributed by atoms with E-state index in [1.807, 2.05) is 0 Å². The van der Waals surface area contributed by atoms with Crippen LogP contribution >= 0.6 is 0 Å². The third-order valence-electron chi connectivity index (χ3n) is 2.49. The van der Waals surface area contributed by atoms with Crippen molar-refractivity contribution in [3.8, 4) is 11.8 Å². The minimum absolute atomic E-state index is 0.0606. The lowest BCUT2D eigenvalue weighted by molar-refractivity contribution is -0.142. The van der Waals surface area contributed by atoms with Gasteiger partial charge in [-0.05, 0) is 18.6 Å². The van der Waals surface area contributed by atoms with E-state index in [0.29, 0.717) is 0 Å². The Bertz CT molecular complexity index is 509. The van der Waals surface area contributed by atoms with Gasteiger partial charge in [0.05, 0.1) is 20.1 Å². The molecule has 1 rings (SSSR count). The molecule has 0 unspecified atom stereocenters. The minimum atomic E-state index is -2.87. The number of ether oxygens (including phenoxy) is 2. The van der Waals surface area contributed by atoms with E-state index in [-0.39, 0.29) is 29.9 Å². The zero-order chi connectivity index (χ0) is 14.4. The van der Waals surface area contributed by atoms with Crippen LogP contribution in [0.15, 0.2) is 12.1 Å². The highest BCUT2D eigenvalue weighted by atomic mass is 19.3. The third kappa shape index (κ3) is 3.41. The standard InChI is InChI=1S/C13H13F2NO3/c1-3-19-11(17)6-8-4-5-10(18-2)9(7-16)12(8)13(14)15/h4-5,13H,3,6H2,1-2H3. The first-order valence-electron chi connectivity index (χ1n) is 5.58. The first-order valence-corrected chi connectivity index (χ1v) is 5.58. The average Bonchev–Trinajstić information content (AvgIpc) is 2.37. The van der Waals surface area contributed by atoms with Crippen LogP contribution in [0.3, 0.4) is 0 Å². The molecule has 0 aromatic heterocycles. The molecule has 1 aromatic carbocycles. The van der Waals surface area contributed by atoms with Crippen LogP contribution in [0.1, 0.15) is 30.0 Å². The highest BCUT2D eigenvalue weighted by molar-refractivity contribution is 5.74. The second-order valence-corrected chi connectivity index (χ2v) is 3.61. The molecule has 0 radical (unpaired) electrons. The van der Waals surface area contributed by atoms with Crippen LogP contribution in [-0.2, 0) is 16.0 Å². The quantitative estimate of drug-likeness (QED) is 0.771. The Kier molecular flexibility index (Phi) is 5.24. The molecule has 0 aliphatic heterocycles. The maximum Gasteiger partial charge on any atom is 0.310 e. The number of methoxy groups -OCH3 is 1. The molecule has 1 aromatic rings. The highest BCUT2D eigenvalue weighted by Gasteiger charge is 2.23. The molecule has 0 bridgehead atoms. The number of halogens is 2. The fraction of sp³-hybridized carbons (Fsp3) is 0.385. The molecule has 0 aliphatic carbocycles. The Morgan fingerprint density at radius 1 is 1.47 bits per heavy atom. The zero-order valence-electron chi connectivity index (χ0n) is 10.6. The van der Waals surface area contributed by atoms with Crippen LogP contribution in [-0.4, -0.2) is 19.7 Å². The Labute approximate surface area is 109 Å². The molecule has 0 heterocycles. The molecule has 0 atom stereocenters. The third-order valence-corrected chi connectivity index (χ3v) is 2.49. The monoisotopic (exact) mass is 269 g/mol. The normalized spacial score (nSPS) is 10.1. The summed E-state index contributed by atoms with van der Waals surface area (Å²) in [5, 5.41) is 8.96. The summed E-state index contributed by atoms with van der Waals surface area (Å²) in [5.41, 5.74) is -0.653. The number of hydrogen-bond acceptors (Lipinski definition) is 4. The van der Waals surface area contributed by atoms with E-state index in [0.717, 1.165) is 0 Å². The summed E-state index contributed by atoms with van der Waals surface area (Å²) >= 11 is 0. The summed E-state index contributed by atoms with van der Waals surface area (Å²) in [6.45, 7) is 1.80. The van der Waals surface area contributed by atoms with Gasteiger partial charge < -0.3 is 9.47 Å². The van der Waals surface area contributed by atoms with Crippen molar-refractivity contribution >= 4 is 5.97 Å². The number of nitriles is 1. The van der Waals surface area contributed by atoms with Crippen molar-refractivity contribution in [2.24, 2.45) is 0 Å². The molecular weight excluding hydrogens is 256 g/mol. The minimum Gasteiger partial charge on any atom is -0.495 e. The summed E-state index contributed by atoms with van der Waals surface area (Å²) < 4.78 is 35.7. The van der Waals surface area contributed by atoms with Crippen LogP contribution < -0.4 is 4.74 Å². The Morgan fingerprint density at radius 3 is 2.63 bits per heavy atom. The van der Waals surface area contributed by atoms with Gasteiger partial charge in [-0.15, -0.1) is 0 Å². The van der Waals surface area contributed by atoms with Crippen molar-refractivity contribution in [2.45, 2.75) is 19.8 Å². The topological polar surface area (TPSA) is 59.3 Å². The number of alkyl halides is 2. The van der Waals surface area contributed by atoms with Gasteiger partial charge in [0, 0.05) is 5.56 Å². The first-order chi connectivity index (χ1) is 9.04. The molecule has 0 saturated carbocycles. The van der Waals surface area contributed by atoms with Crippen molar-refractivity contribution in [3.05, 3.63) is 28.8 Å². The number of benzene rings is 1. The summed E-state index contributed by atoms with van der Waals surface area (Å²) in [6.07, 6.45) is -3.17. The number of esters is 1. The number of carbonyl (C=O) groups excluding carboxylic acids is 1. The lowest BCUT2D eigenvalue weighted by Gasteiger charge is -2.13. The summed E-state index contributed by atoms with van der Waals surface area (Å²) in [7, 11) is 1.29. The number of hydrogen-bond donors (Lipinski definition) is 0. The van der Waals surface area contributed by atoms with Crippen molar-refractivity contribution in [1.29, 1.82) is 5.26 Å². The van der Waals surface area contributed by atoms with Crippen LogP contribution in [0.5, 0.6) is 5.75 Å². The molecule has 102 valence electrons. The van der Waals surface area contributed by atoms with E-state index in [2.05, 4.69) is 0 Å². The maximum atomic E-state index is 13.1. The van der Waals surface area contributed by atoms with E-state index in [1.165, 1.54) is 19.2 Å². The van der Waals surface area contributed by atoms with Crippen molar-refractivity contribution < 1.29 is 23.0 Å². The fourth-order valence-electron chi connectivity index (χ4n) is 1.70. The van der Waals surface area contributed by atoms with Crippen LogP contribution in [0, 0.1) is 11.3 Å². The fourth-order valence-corrected chi connectivity index (χ4v) is 1.70. The van der Waals surface area contributed by atoms with Crippen LogP contribution in [0.2, 0.25) is 0 Å². The maximum absolute atomic E-state index is 13.1. The Balaban J connectivity index is 3.25. The number of rotatable bonds is 5. The molecule has 0 aliphatic rings. The second-order valence-electron chi connectivity index (χ2n) is 3.61. The van der Waals surface area contributed by atoms with Gasteiger partial charge in [-0.3, -0.25) is 4.79 Å². The van der Waals surface area contributed by atoms with Crippen molar-refractivity contribution in [2.75, 3.05) is 13.7 Å². The number of carbonyl (C=O) groups is 1. The molecular formula is C13H13F2NO3. The lowest BCUT2D eigenvalue weighted by Crippen LogP contribution is -2.11. The van der Waals surface area contributed by atoms with Gasteiger partial charge in [0.25, 0.3) is 6.43 Å². The van der Waals surface area contributed by atoms with E-state index in [9.17, 15) is 13.6 Å². The smallest absolute Gasteiger partial charge is 0.310 e. The summed E-state index contributed by atoms with van der Waals surface area (Å²) in [4.78, 5) is 11.4. The van der Waals surface area contributed by atoms with E-state index >= 15 is 0 Å². The summed E-state index contributed by atoms with van der Waals surface area (Å²) in [6, 6.07) is 4.42. The lowest BCUT2D eigenvalue weighted by atomic mass is 9.98. The van der Waals surface area contributed by atoms with Gasteiger partial charge in [0.1, 0.15) is 17.4 Å². The molecule has 0 saturated heterocycles. The van der Waals surface area contributed by atoms with E-state index in [4.69, 9.17) is 14.7 Å². The van der Waals surface area contributed by atoms with Crippen molar-refractivity contribution in [1.82, 2.24) is 0 Å². The van der Waals surface area contributed by atoms with Gasteiger partial charge in [-0.25, -0.2) is 8.78 Å². The number of nitrogens with zero attached hydrogens (tertiary/aromatic N) is 1. The average molecular weight is 269 g/mol. The largest absolute Gasteiger partial charge is 0.495 e. The van der Waals surface area contributed by atoms with Crippen LogP contribution in [0.4, 0.5) is 8.78 Å². The van der Waals surface area contributed by atoms with E-state index < -0.39 is 18.0 Å². The van der Waals surface area contributed by atoms with Crippen LogP contribution in [0.25, 0.3) is 0 Å². The zero-order valence-corrected chi connectivity index (χ0v) is 10.6. The van der Waals surface area contributed by atoms with Gasteiger partial charge in [0.15, 0.2) is 0 Å². The van der Waals surface area contributed by atoms with Gasteiger partial charge in [-0.1, -0.05) is 6.07 Å². The Hall–Kier alpha value is -2.16. The molecule has 4 nitrogen and oxygen atoms in total. The molecule has 0 amide bonds. The first kappa shape index (κ1) is 14.9. The van der Waals surface area contributed by atoms with Gasteiger partial charge in [-0.2, -0.15) is 5.26 Å². The van der Waals surface area contributed by atoms with E-state index in [1.54, 1.807) is 13.0 Å². The molecule has 6 heteroatoms. The molecule has 0 spiro atoms. The predicted molar refractivity (Wildman–Crippen MR) is 63.0 cm³/mol. The Morgan fingerprint density at radius 2 is 2.16 bits per heavy atom. The van der Waals surface area contributed by atoms with Crippen molar-refractivity contribution in [3.63, 3.8) is 0 Å². The van der Waals surface area contributed by atoms with Gasteiger partial charge in [0.2, 0.25) is 0 Å². The predicted octanol–water partition coefficient (Wildman–Crippen LogP) is 2.61. The molecule has 19 heavy (non-hydrogen) atoms. The highest BCUT2D eigenvalue weighted by Crippen LogP contribution is 2.32. The second kappa shape index (κ2) is 6.69. The molecule has 0 N–H and O–H groups in total. The summed E-state index contributed by atoms with van der Waals surface area (Å²) in [5.74, 6) is -0.552. The van der Waals surface area contributed by atoms with Gasteiger partial charge >= 0.3 is 5.97 Å². The SMILES string of the molecule is CCOC(=O)Cc1ccc(OC)c(C#N)c1C(F)F.